The van der Waals surface area contributed by atoms with Gasteiger partial charge in [-0.15, -0.1) is 0 Å². The SMILES string of the molecule is N=S(N)(=O)c1ccn(C(=O)Nc2c3c(nc4c2CCC4)CCC3)n1. The van der Waals surface area contributed by atoms with E-state index in [1.54, 1.807) is 0 Å². The molecule has 4 rings (SSSR count). The Morgan fingerprint density at radius 1 is 1.21 bits per heavy atom. The van der Waals surface area contributed by atoms with Gasteiger partial charge in [0.05, 0.1) is 5.69 Å². The van der Waals surface area contributed by atoms with Crippen LogP contribution in [0.3, 0.4) is 0 Å². The summed E-state index contributed by atoms with van der Waals surface area (Å²) in [5, 5.41) is 12.0. The Bertz CT molecular complexity index is 915. The molecule has 2 aromatic rings. The molecule has 2 aliphatic carbocycles. The first-order chi connectivity index (χ1) is 11.4. The second kappa shape index (κ2) is 5.38. The molecule has 2 aliphatic rings. The number of nitrogens with two attached hydrogens (primary N) is 1. The van der Waals surface area contributed by atoms with E-state index >= 15 is 0 Å². The summed E-state index contributed by atoms with van der Waals surface area (Å²) in [7, 11) is -3.43. The first-order valence-corrected chi connectivity index (χ1v) is 9.52. The van der Waals surface area contributed by atoms with E-state index in [0.29, 0.717) is 0 Å². The second-order valence-electron chi connectivity index (χ2n) is 6.17. The molecule has 0 fully saturated rings. The largest absolute Gasteiger partial charge is 0.346 e. The predicted octanol–water partition coefficient (Wildman–Crippen LogP) is 1.62. The van der Waals surface area contributed by atoms with E-state index in [9.17, 15) is 9.00 Å². The summed E-state index contributed by atoms with van der Waals surface area (Å²) < 4.78 is 19.9. The normalized spacial score (nSPS) is 18.0. The van der Waals surface area contributed by atoms with Crippen LogP contribution in [0.15, 0.2) is 17.3 Å². The fraction of sp³-hybridized carbons (Fsp3) is 0.400. The zero-order chi connectivity index (χ0) is 16.9. The molecule has 1 unspecified atom stereocenters. The Labute approximate surface area is 139 Å². The van der Waals surface area contributed by atoms with Gasteiger partial charge >= 0.3 is 6.03 Å². The number of aromatic nitrogens is 3. The molecule has 4 N–H and O–H groups in total. The van der Waals surface area contributed by atoms with Crippen molar-refractivity contribution in [2.45, 2.75) is 43.6 Å². The molecule has 126 valence electrons. The number of nitrogens with zero attached hydrogens (tertiary/aromatic N) is 3. The molecular formula is C15H18N6O2S. The highest BCUT2D eigenvalue weighted by atomic mass is 32.2. The maximum absolute atomic E-state index is 12.5. The van der Waals surface area contributed by atoms with Crippen molar-refractivity contribution in [3.63, 3.8) is 0 Å². The fourth-order valence-electron chi connectivity index (χ4n) is 3.48. The van der Waals surface area contributed by atoms with E-state index in [1.165, 1.54) is 12.3 Å². The van der Waals surface area contributed by atoms with Crippen molar-refractivity contribution < 1.29 is 9.00 Å². The lowest BCUT2D eigenvalue weighted by molar-refractivity contribution is 0.250. The van der Waals surface area contributed by atoms with Gasteiger partial charge in [0.25, 0.3) is 0 Å². The topological polar surface area (TPSA) is 127 Å². The lowest BCUT2D eigenvalue weighted by Crippen LogP contribution is -2.23. The molecular weight excluding hydrogens is 328 g/mol. The molecule has 24 heavy (non-hydrogen) atoms. The number of carbonyl (C=O) groups excluding carboxylic acids is 1. The first-order valence-electron chi connectivity index (χ1n) is 7.90. The van der Waals surface area contributed by atoms with Gasteiger partial charge in [-0.2, -0.15) is 9.78 Å². The summed E-state index contributed by atoms with van der Waals surface area (Å²) >= 11 is 0. The van der Waals surface area contributed by atoms with Crippen LogP contribution in [0.1, 0.15) is 35.4 Å². The molecule has 0 radical (unpaired) electrons. The number of nitrogens with one attached hydrogen (secondary N) is 2. The fourth-order valence-corrected chi connectivity index (χ4v) is 3.96. The summed E-state index contributed by atoms with van der Waals surface area (Å²) in [5.41, 5.74) is 5.29. The van der Waals surface area contributed by atoms with Gasteiger partial charge in [-0.3, -0.25) is 4.98 Å². The Kier molecular flexibility index (Phi) is 3.43. The number of anilines is 1. The van der Waals surface area contributed by atoms with Crippen molar-refractivity contribution in [1.82, 2.24) is 14.8 Å². The number of aryl methyl sites for hydroxylation is 2. The quantitative estimate of drug-likeness (QED) is 0.763. The van der Waals surface area contributed by atoms with E-state index in [1.807, 2.05) is 0 Å². The predicted molar refractivity (Wildman–Crippen MR) is 88.2 cm³/mol. The minimum absolute atomic E-state index is 0.108. The molecule has 1 amide bonds. The highest BCUT2D eigenvalue weighted by molar-refractivity contribution is 7.90. The number of pyridine rings is 1. The van der Waals surface area contributed by atoms with E-state index in [-0.39, 0.29) is 5.03 Å². The van der Waals surface area contributed by atoms with Gasteiger partial charge in [0, 0.05) is 17.6 Å². The van der Waals surface area contributed by atoms with E-state index < -0.39 is 15.9 Å². The number of rotatable bonds is 2. The summed E-state index contributed by atoms with van der Waals surface area (Å²) in [6.45, 7) is 0. The molecule has 0 aromatic carbocycles. The van der Waals surface area contributed by atoms with Crippen LogP contribution in [0.25, 0.3) is 0 Å². The average molecular weight is 346 g/mol. The number of carbonyl (C=O) groups is 1. The maximum Gasteiger partial charge on any atom is 0.346 e. The van der Waals surface area contributed by atoms with E-state index in [0.717, 1.165) is 71.4 Å². The van der Waals surface area contributed by atoms with Gasteiger partial charge in [-0.05, 0) is 55.7 Å². The minimum atomic E-state index is -3.43. The Hall–Kier alpha value is -2.26. The van der Waals surface area contributed by atoms with Crippen LogP contribution in [0.4, 0.5) is 10.5 Å². The number of hydrogen-bond donors (Lipinski definition) is 3. The summed E-state index contributed by atoms with van der Waals surface area (Å²) in [6, 6.07) is 0.885. The monoisotopic (exact) mass is 346 g/mol. The molecule has 0 saturated carbocycles. The second-order valence-corrected chi connectivity index (χ2v) is 7.79. The van der Waals surface area contributed by atoms with Crippen LogP contribution >= 0.6 is 0 Å². The van der Waals surface area contributed by atoms with Crippen LogP contribution in [-0.2, 0) is 35.6 Å². The van der Waals surface area contributed by atoms with Crippen molar-refractivity contribution in [3.8, 4) is 0 Å². The molecule has 0 spiro atoms. The van der Waals surface area contributed by atoms with Gasteiger partial charge in [0.15, 0.2) is 14.9 Å². The van der Waals surface area contributed by atoms with Crippen LogP contribution < -0.4 is 10.5 Å². The third kappa shape index (κ3) is 2.49. The van der Waals surface area contributed by atoms with Crippen molar-refractivity contribution in [2.24, 2.45) is 5.14 Å². The molecule has 1 atom stereocenters. The zero-order valence-electron chi connectivity index (χ0n) is 13.0. The zero-order valence-corrected chi connectivity index (χ0v) is 13.9. The molecule has 0 bridgehead atoms. The van der Waals surface area contributed by atoms with E-state index in [2.05, 4.69) is 10.4 Å². The lowest BCUT2D eigenvalue weighted by Gasteiger charge is -2.15. The van der Waals surface area contributed by atoms with Gasteiger partial charge in [0.2, 0.25) is 0 Å². The molecule has 0 saturated heterocycles. The van der Waals surface area contributed by atoms with Crippen LogP contribution in [-0.4, -0.2) is 25.0 Å². The van der Waals surface area contributed by atoms with Crippen molar-refractivity contribution in [3.05, 3.63) is 34.8 Å². The smallest absolute Gasteiger partial charge is 0.305 e. The highest BCUT2D eigenvalue weighted by Gasteiger charge is 2.26. The minimum Gasteiger partial charge on any atom is -0.305 e. The average Bonchev–Trinajstić information content (AvgIpc) is 3.25. The van der Waals surface area contributed by atoms with Crippen molar-refractivity contribution >= 4 is 21.6 Å². The third-order valence-corrected chi connectivity index (χ3v) is 5.41. The Morgan fingerprint density at radius 3 is 2.38 bits per heavy atom. The van der Waals surface area contributed by atoms with Crippen LogP contribution in [0.2, 0.25) is 0 Å². The van der Waals surface area contributed by atoms with Gasteiger partial charge in [0.1, 0.15) is 0 Å². The summed E-state index contributed by atoms with van der Waals surface area (Å²) in [6.07, 6.45) is 7.20. The summed E-state index contributed by atoms with van der Waals surface area (Å²) in [5.74, 6) is 0. The Balaban J connectivity index is 1.69. The maximum atomic E-state index is 12.5. The Morgan fingerprint density at radius 2 is 1.83 bits per heavy atom. The lowest BCUT2D eigenvalue weighted by atomic mass is 10.1. The number of fused-ring (bicyclic) bond motifs is 2. The van der Waals surface area contributed by atoms with Crippen molar-refractivity contribution in [2.75, 3.05) is 5.32 Å². The molecule has 0 aliphatic heterocycles. The first kappa shape index (κ1) is 15.3. The van der Waals surface area contributed by atoms with Crippen molar-refractivity contribution in [1.29, 1.82) is 4.78 Å². The molecule has 8 nitrogen and oxygen atoms in total. The van der Waals surface area contributed by atoms with Crippen LogP contribution in [0, 0.1) is 4.78 Å². The van der Waals surface area contributed by atoms with Gasteiger partial charge < -0.3 is 5.32 Å². The van der Waals surface area contributed by atoms with E-state index in [4.69, 9.17) is 14.9 Å². The standard InChI is InChI=1S/C15H18N6O2S/c16-24(17,23)13-7-8-21(20-13)15(22)19-14-9-3-1-5-11(9)18-12-6-2-4-10(12)14/h7-8H,1-6H2,(H3,16,17,23)(H,18,19,22). The molecule has 2 aromatic heterocycles. The molecule has 2 heterocycles. The molecule has 9 heteroatoms. The van der Waals surface area contributed by atoms with Gasteiger partial charge in [-0.1, -0.05) is 0 Å². The third-order valence-electron chi connectivity index (χ3n) is 4.57. The number of amides is 1. The summed E-state index contributed by atoms with van der Waals surface area (Å²) in [4.78, 5) is 17.3. The van der Waals surface area contributed by atoms with Crippen LogP contribution in [0.5, 0.6) is 0 Å². The highest BCUT2D eigenvalue weighted by Crippen LogP contribution is 2.36. The van der Waals surface area contributed by atoms with Gasteiger partial charge in [-0.25, -0.2) is 18.9 Å². The number of hydrogen-bond acceptors (Lipinski definition) is 5.